The third kappa shape index (κ3) is 4.16. The molecule has 0 saturated carbocycles. The van der Waals surface area contributed by atoms with Crippen molar-refractivity contribution in [1.82, 2.24) is 4.98 Å². The Bertz CT molecular complexity index is 882. The number of para-hydroxylation sites is 2. The number of hydrogen-bond acceptors (Lipinski definition) is 4. The first-order valence-corrected chi connectivity index (χ1v) is 8.38. The monoisotopic (exact) mass is 397 g/mol. The zero-order chi connectivity index (χ0) is 17.6. The van der Waals surface area contributed by atoms with E-state index in [0.717, 1.165) is 10.2 Å². The molecule has 1 aromatic heterocycles. The number of anilines is 3. The van der Waals surface area contributed by atoms with Gasteiger partial charge in [-0.1, -0.05) is 28.1 Å². The summed E-state index contributed by atoms with van der Waals surface area (Å²) in [4.78, 5) is 16.9. The van der Waals surface area contributed by atoms with Crippen LogP contribution in [0.4, 0.5) is 17.2 Å². The number of carbonyl (C=O) groups is 1. The van der Waals surface area contributed by atoms with Gasteiger partial charge < -0.3 is 15.4 Å². The summed E-state index contributed by atoms with van der Waals surface area (Å²) >= 11 is 3.37. The lowest BCUT2D eigenvalue weighted by Crippen LogP contribution is -2.14. The third-order valence-corrected chi connectivity index (χ3v) is 4.04. The average molecular weight is 398 g/mol. The Kier molecular flexibility index (Phi) is 5.30. The fraction of sp³-hybridized carbons (Fsp3) is 0.0526. The number of carbonyl (C=O) groups excluding carboxylic acids is 1. The van der Waals surface area contributed by atoms with Crippen molar-refractivity contribution >= 4 is 39.0 Å². The van der Waals surface area contributed by atoms with Gasteiger partial charge in [0.15, 0.2) is 0 Å². The molecule has 0 aliphatic heterocycles. The van der Waals surface area contributed by atoms with Crippen molar-refractivity contribution in [3.8, 4) is 5.75 Å². The molecule has 0 fully saturated rings. The minimum Gasteiger partial charge on any atom is -0.495 e. The molecule has 1 heterocycles. The van der Waals surface area contributed by atoms with E-state index in [1.54, 1.807) is 25.4 Å². The number of aromatic nitrogens is 1. The van der Waals surface area contributed by atoms with Gasteiger partial charge in [0.05, 0.1) is 18.4 Å². The first-order chi connectivity index (χ1) is 12.2. The number of nitrogens with zero attached hydrogens (tertiary/aromatic N) is 1. The van der Waals surface area contributed by atoms with Crippen molar-refractivity contribution in [3.05, 3.63) is 76.9 Å². The summed E-state index contributed by atoms with van der Waals surface area (Å²) < 4.78 is 6.28. The minimum atomic E-state index is -0.243. The van der Waals surface area contributed by atoms with E-state index in [0.29, 0.717) is 22.8 Å². The maximum absolute atomic E-state index is 12.6. The Labute approximate surface area is 154 Å². The normalized spacial score (nSPS) is 10.2. The topological polar surface area (TPSA) is 63.2 Å². The fourth-order valence-electron chi connectivity index (χ4n) is 2.30. The highest BCUT2D eigenvalue weighted by Gasteiger charge is 2.14. The van der Waals surface area contributed by atoms with Crippen LogP contribution in [0, 0.1) is 0 Å². The molecule has 25 heavy (non-hydrogen) atoms. The molecular formula is C19H16BrN3O2. The van der Waals surface area contributed by atoms with E-state index in [2.05, 4.69) is 31.5 Å². The number of benzene rings is 2. The molecule has 6 heteroatoms. The van der Waals surface area contributed by atoms with E-state index < -0.39 is 0 Å². The van der Waals surface area contributed by atoms with Crippen LogP contribution in [-0.2, 0) is 0 Å². The van der Waals surface area contributed by atoms with Crippen LogP contribution in [0.1, 0.15) is 10.4 Å². The zero-order valence-corrected chi connectivity index (χ0v) is 15.1. The number of pyridine rings is 1. The van der Waals surface area contributed by atoms with Crippen LogP contribution in [-0.4, -0.2) is 18.0 Å². The van der Waals surface area contributed by atoms with Gasteiger partial charge in [0.2, 0.25) is 0 Å². The van der Waals surface area contributed by atoms with Gasteiger partial charge >= 0.3 is 0 Å². The van der Waals surface area contributed by atoms with E-state index >= 15 is 0 Å². The second-order valence-electron chi connectivity index (χ2n) is 5.19. The molecular weight excluding hydrogens is 382 g/mol. The fourth-order valence-corrected chi connectivity index (χ4v) is 2.56. The molecule has 5 nitrogen and oxygen atoms in total. The van der Waals surface area contributed by atoms with E-state index in [-0.39, 0.29) is 5.91 Å². The van der Waals surface area contributed by atoms with Crippen LogP contribution >= 0.6 is 15.9 Å². The summed E-state index contributed by atoms with van der Waals surface area (Å²) in [6, 6.07) is 18.3. The molecule has 0 spiro atoms. The molecule has 0 unspecified atom stereocenters. The maximum atomic E-state index is 12.6. The Morgan fingerprint density at radius 1 is 1.04 bits per heavy atom. The van der Waals surface area contributed by atoms with Crippen LogP contribution < -0.4 is 15.4 Å². The van der Waals surface area contributed by atoms with Crippen molar-refractivity contribution in [1.29, 1.82) is 0 Å². The van der Waals surface area contributed by atoms with E-state index in [1.807, 2.05) is 48.5 Å². The standard InChI is InChI=1S/C19H16BrN3O2/c1-25-17-7-3-2-6-16(17)23-18-15(5-4-12-21-18)19(24)22-14-10-8-13(20)9-11-14/h2-12H,1H3,(H,21,23)(H,22,24). The molecule has 2 N–H and O–H groups in total. The molecule has 0 atom stereocenters. The van der Waals surface area contributed by atoms with Crippen molar-refractivity contribution in [3.63, 3.8) is 0 Å². The van der Waals surface area contributed by atoms with E-state index in [9.17, 15) is 4.79 Å². The van der Waals surface area contributed by atoms with Crippen LogP contribution in [0.15, 0.2) is 71.3 Å². The van der Waals surface area contributed by atoms with Gasteiger partial charge in [-0.15, -0.1) is 0 Å². The highest BCUT2D eigenvalue weighted by Crippen LogP contribution is 2.28. The number of rotatable bonds is 5. The van der Waals surface area contributed by atoms with Crippen molar-refractivity contribution in [2.24, 2.45) is 0 Å². The quantitative estimate of drug-likeness (QED) is 0.645. The van der Waals surface area contributed by atoms with E-state index in [1.165, 1.54) is 0 Å². The van der Waals surface area contributed by atoms with Gasteiger partial charge in [-0.2, -0.15) is 0 Å². The van der Waals surface area contributed by atoms with Crippen LogP contribution in [0.2, 0.25) is 0 Å². The van der Waals surface area contributed by atoms with Crippen molar-refractivity contribution < 1.29 is 9.53 Å². The summed E-state index contributed by atoms with van der Waals surface area (Å²) in [6.45, 7) is 0. The summed E-state index contributed by atoms with van der Waals surface area (Å²) in [5.41, 5.74) is 1.89. The molecule has 126 valence electrons. The smallest absolute Gasteiger partial charge is 0.259 e. The van der Waals surface area contributed by atoms with Crippen LogP contribution in [0.5, 0.6) is 5.75 Å². The Morgan fingerprint density at radius 3 is 2.56 bits per heavy atom. The lowest BCUT2D eigenvalue weighted by Gasteiger charge is -2.13. The Balaban J connectivity index is 1.85. The number of nitrogens with one attached hydrogen (secondary N) is 2. The lowest BCUT2D eigenvalue weighted by atomic mass is 10.2. The molecule has 0 radical (unpaired) electrons. The van der Waals surface area contributed by atoms with Crippen molar-refractivity contribution in [2.45, 2.75) is 0 Å². The SMILES string of the molecule is COc1ccccc1Nc1ncccc1C(=O)Nc1ccc(Br)cc1. The van der Waals surface area contributed by atoms with Gasteiger partial charge in [0.25, 0.3) is 5.91 Å². The second-order valence-corrected chi connectivity index (χ2v) is 6.10. The Morgan fingerprint density at radius 2 is 1.80 bits per heavy atom. The largest absolute Gasteiger partial charge is 0.495 e. The molecule has 1 amide bonds. The number of ether oxygens (including phenoxy) is 1. The zero-order valence-electron chi connectivity index (χ0n) is 13.5. The molecule has 3 aromatic rings. The molecule has 3 rings (SSSR count). The highest BCUT2D eigenvalue weighted by atomic mass is 79.9. The number of hydrogen-bond donors (Lipinski definition) is 2. The molecule has 0 aliphatic rings. The average Bonchev–Trinajstić information content (AvgIpc) is 2.64. The van der Waals surface area contributed by atoms with Gasteiger partial charge in [0.1, 0.15) is 11.6 Å². The Hall–Kier alpha value is -2.86. The predicted molar refractivity (Wildman–Crippen MR) is 103 cm³/mol. The van der Waals surface area contributed by atoms with Crippen LogP contribution in [0.25, 0.3) is 0 Å². The van der Waals surface area contributed by atoms with Crippen molar-refractivity contribution in [2.75, 3.05) is 17.7 Å². The molecule has 0 aliphatic carbocycles. The number of amides is 1. The summed E-state index contributed by atoms with van der Waals surface area (Å²) in [6.07, 6.45) is 1.63. The predicted octanol–water partition coefficient (Wildman–Crippen LogP) is 4.85. The van der Waals surface area contributed by atoms with Gasteiger partial charge in [-0.05, 0) is 48.5 Å². The maximum Gasteiger partial charge on any atom is 0.259 e. The first kappa shape index (κ1) is 17.0. The van der Waals surface area contributed by atoms with Gasteiger partial charge in [-0.3, -0.25) is 4.79 Å². The summed E-state index contributed by atoms with van der Waals surface area (Å²) in [5, 5.41) is 6.03. The number of methoxy groups -OCH3 is 1. The summed E-state index contributed by atoms with van der Waals surface area (Å²) in [7, 11) is 1.60. The molecule has 2 aromatic carbocycles. The molecule has 0 saturated heterocycles. The van der Waals surface area contributed by atoms with Gasteiger partial charge in [0, 0.05) is 16.4 Å². The number of halogens is 1. The highest BCUT2D eigenvalue weighted by molar-refractivity contribution is 9.10. The lowest BCUT2D eigenvalue weighted by molar-refractivity contribution is 0.102. The first-order valence-electron chi connectivity index (χ1n) is 7.59. The second kappa shape index (κ2) is 7.81. The third-order valence-electron chi connectivity index (χ3n) is 3.51. The van der Waals surface area contributed by atoms with E-state index in [4.69, 9.17) is 4.74 Å². The van der Waals surface area contributed by atoms with Crippen LogP contribution in [0.3, 0.4) is 0 Å². The minimum absolute atomic E-state index is 0.243. The molecule has 0 bridgehead atoms. The van der Waals surface area contributed by atoms with Gasteiger partial charge in [-0.25, -0.2) is 4.98 Å². The summed E-state index contributed by atoms with van der Waals surface area (Å²) in [5.74, 6) is 0.891.